The highest BCUT2D eigenvalue weighted by atomic mass is 14.1. The van der Waals surface area contributed by atoms with Crippen LogP contribution in [-0.2, 0) is 0 Å². The normalized spacial score (nSPS) is 11.9. The van der Waals surface area contributed by atoms with Gasteiger partial charge in [-0.3, -0.25) is 0 Å². The van der Waals surface area contributed by atoms with E-state index in [1.165, 1.54) is 97.7 Å². The van der Waals surface area contributed by atoms with Gasteiger partial charge in [0.1, 0.15) is 0 Å². The zero-order chi connectivity index (χ0) is 30.2. The van der Waals surface area contributed by atoms with Gasteiger partial charge in [-0.05, 0) is 122 Å². The first-order valence-corrected chi connectivity index (χ1v) is 16.0. The maximum atomic E-state index is 2.34. The predicted molar refractivity (Wildman–Crippen MR) is 200 cm³/mol. The van der Waals surface area contributed by atoms with Crippen molar-refractivity contribution in [2.24, 2.45) is 0 Å². The quantitative estimate of drug-likeness (QED) is 0.178. The van der Waals surface area contributed by atoms with Crippen molar-refractivity contribution in [3.05, 3.63) is 170 Å². The molecule has 0 bridgehead atoms. The van der Waals surface area contributed by atoms with Crippen molar-refractivity contribution in [3.8, 4) is 22.3 Å². The van der Waals surface area contributed by atoms with E-state index in [0.29, 0.717) is 0 Å². The van der Waals surface area contributed by atoms with E-state index in [9.17, 15) is 0 Å². The second-order valence-electron chi connectivity index (χ2n) is 12.5. The molecular weight excluding hydrogens is 553 g/mol. The Bertz CT molecular complexity index is 2660. The van der Waals surface area contributed by atoms with Gasteiger partial charge in [0.2, 0.25) is 0 Å². The fourth-order valence-electron chi connectivity index (χ4n) is 7.62. The highest BCUT2D eigenvalue weighted by Crippen LogP contribution is 2.39. The van der Waals surface area contributed by atoms with E-state index in [1.54, 1.807) is 0 Å². The molecule has 0 radical (unpaired) electrons. The van der Waals surface area contributed by atoms with Gasteiger partial charge in [0, 0.05) is 0 Å². The van der Waals surface area contributed by atoms with Crippen LogP contribution >= 0.6 is 0 Å². The molecular formula is C46H28. The average molecular weight is 581 g/mol. The smallest absolute Gasteiger partial charge is 0.00987 e. The molecule has 0 unspecified atom stereocenters. The Labute approximate surface area is 266 Å². The Balaban J connectivity index is 1.08. The highest BCUT2D eigenvalue weighted by Gasteiger charge is 2.11. The minimum atomic E-state index is 1.25. The number of rotatable bonds is 2. The summed E-state index contributed by atoms with van der Waals surface area (Å²) in [5, 5.41) is 18.0. The van der Waals surface area contributed by atoms with Crippen LogP contribution in [0.15, 0.2) is 170 Å². The van der Waals surface area contributed by atoms with Gasteiger partial charge in [0.05, 0.1) is 0 Å². The molecule has 0 saturated carbocycles. The molecule has 0 heteroatoms. The van der Waals surface area contributed by atoms with E-state index in [2.05, 4.69) is 170 Å². The lowest BCUT2D eigenvalue weighted by Crippen LogP contribution is -1.86. The maximum absolute atomic E-state index is 2.34. The molecule has 212 valence electrons. The topological polar surface area (TPSA) is 0 Å². The zero-order valence-corrected chi connectivity index (χ0v) is 25.2. The Morgan fingerprint density at radius 2 is 0.435 bits per heavy atom. The van der Waals surface area contributed by atoms with Gasteiger partial charge in [0.15, 0.2) is 0 Å². The van der Waals surface area contributed by atoms with Crippen LogP contribution in [0.3, 0.4) is 0 Å². The van der Waals surface area contributed by atoms with Crippen molar-refractivity contribution in [3.63, 3.8) is 0 Å². The van der Waals surface area contributed by atoms with Crippen molar-refractivity contribution < 1.29 is 0 Å². The van der Waals surface area contributed by atoms with Gasteiger partial charge in [-0.2, -0.15) is 0 Å². The molecule has 0 nitrogen and oxygen atoms in total. The molecule has 0 heterocycles. The summed E-state index contributed by atoms with van der Waals surface area (Å²) in [5.74, 6) is 0. The monoisotopic (exact) mass is 580 g/mol. The zero-order valence-electron chi connectivity index (χ0n) is 25.2. The lowest BCUT2D eigenvalue weighted by atomic mass is 9.91. The Hall–Kier alpha value is -5.98. The van der Waals surface area contributed by atoms with Crippen LogP contribution in [0.25, 0.3) is 97.7 Å². The fraction of sp³-hybridized carbons (Fsp3) is 0. The van der Waals surface area contributed by atoms with Crippen LogP contribution in [0.1, 0.15) is 0 Å². The van der Waals surface area contributed by atoms with Gasteiger partial charge in [-0.15, -0.1) is 0 Å². The summed E-state index contributed by atoms with van der Waals surface area (Å²) in [6, 6.07) is 63.0. The standard InChI is InChI=1S/C46H28/c1-3-7-31-25-33(11-9-29(31)5-1)35-13-17-39-37(27-35)15-19-43-41(39)21-23-46-44-20-16-38-28-36(14-18-40(38)42(44)22-24-45(43)46)34-12-10-30-6-2-4-8-32(30)26-34/h1-28H. The van der Waals surface area contributed by atoms with Gasteiger partial charge in [0.25, 0.3) is 0 Å². The highest BCUT2D eigenvalue weighted by molar-refractivity contribution is 6.25. The molecule has 0 fully saturated rings. The molecule has 0 N–H and O–H groups in total. The van der Waals surface area contributed by atoms with Crippen molar-refractivity contribution in [2.45, 2.75) is 0 Å². The van der Waals surface area contributed by atoms with Crippen LogP contribution in [0.5, 0.6) is 0 Å². The third kappa shape index (κ3) is 3.87. The second-order valence-corrected chi connectivity index (χ2v) is 12.5. The summed E-state index contributed by atoms with van der Waals surface area (Å²) >= 11 is 0. The first kappa shape index (κ1) is 25.4. The summed E-state index contributed by atoms with van der Waals surface area (Å²) in [6.07, 6.45) is 0. The molecule has 0 amide bonds. The van der Waals surface area contributed by atoms with Crippen LogP contribution in [0, 0.1) is 0 Å². The van der Waals surface area contributed by atoms with E-state index in [4.69, 9.17) is 0 Å². The molecule has 0 aliphatic rings. The van der Waals surface area contributed by atoms with E-state index >= 15 is 0 Å². The van der Waals surface area contributed by atoms with Crippen LogP contribution in [0.4, 0.5) is 0 Å². The first-order valence-electron chi connectivity index (χ1n) is 16.0. The average Bonchev–Trinajstić information content (AvgIpc) is 3.13. The Morgan fingerprint density at radius 1 is 0.174 bits per heavy atom. The van der Waals surface area contributed by atoms with E-state index in [0.717, 1.165) is 0 Å². The lowest BCUT2D eigenvalue weighted by molar-refractivity contribution is 1.68. The van der Waals surface area contributed by atoms with Crippen molar-refractivity contribution in [2.75, 3.05) is 0 Å². The van der Waals surface area contributed by atoms with Crippen LogP contribution in [0.2, 0.25) is 0 Å². The molecule has 0 atom stereocenters. The maximum Gasteiger partial charge on any atom is -0.00987 e. The summed E-state index contributed by atoms with van der Waals surface area (Å²) < 4.78 is 0. The fourth-order valence-corrected chi connectivity index (χ4v) is 7.62. The number of hydrogen-bond acceptors (Lipinski definition) is 0. The second kappa shape index (κ2) is 9.76. The number of hydrogen-bond donors (Lipinski definition) is 0. The SMILES string of the molecule is c1ccc2cc(-c3ccc4c(ccc5c4ccc4c6ccc7cc(-c8ccc9ccccc9c8)ccc7c6ccc54)c3)ccc2c1. The minimum absolute atomic E-state index is 1.25. The Morgan fingerprint density at radius 3 is 0.848 bits per heavy atom. The number of fused-ring (bicyclic) bond motifs is 11. The van der Waals surface area contributed by atoms with Gasteiger partial charge in [-0.25, -0.2) is 0 Å². The third-order valence-corrected chi connectivity index (χ3v) is 9.99. The predicted octanol–water partition coefficient (Wildman–Crippen LogP) is 13.1. The lowest BCUT2D eigenvalue weighted by Gasteiger charge is -2.13. The molecule has 10 rings (SSSR count). The van der Waals surface area contributed by atoms with E-state index in [-0.39, 0.29) is 0 Å². The largest absolute Gasteiger partial charge is 0.0616 e. The van der Waals surface area contributed by atoms with Crippen LogP contribution < -0.4 is 0 Å². The minimum Gasteiger partial charge on any atom is -0.0616 e. The molecule has 0 spiro atoms. The van der Waals surface area contributed by atoms with Gasteiger partial charge >= 0.3 is 0 Å². The van der Waals surface area contributed by atoms with Crippen molar-refractivity contribution in [1.82, 2.24) is 0 Å². The summed E-state index contributed by atoms with van der Waals surface area (Å²) in [7, 11) is 0. The molecule has 10 aromatic rings. The van der Waals surface area contributed by atoms with Gasteiger partial charge < -0.3 is 0 Å². The summed E-state index contributed by atoms with van der Waals surface area (Å²) in [5.41, 5.74) is 5.00. The van der Waals surface area contributed by atoms with Crippen molar-refractivity contribution >= 4 is 75.4 Å². The van der Waals surface area contributed by atoms with E-state index < -0.39 is 0 Å². The molecule has 10 aromatic carbocycles. The third-order valence-electron chi connectivity index (χ3n) is 9.99. The molecule has 46 heavy (non-hydrogen) atoms. The Kier molecular flexibility index (Phi) is 5.38. The summed E-state index contributed by atoms with van der Waals surface area (Å²) in [6.45, 7) is 0. The molecule has 0 aromatic heterocycles. The van der Waals surface area contributed by atoms with Crippen LogP contribution in [-0.4, -0.2) is 0 Å². The molecule has 0 aliphatic heterocycles. The van der Waals surface area contributed by atoms with Crippen molar-refractivity contribution in [1.29, 1.82) is 0 Å². The molecule has 0 saturated heterocycles. The van der Waals surface area contributed by atoms with E-state index in [1.807, 2.05) is 0 Å². The molecule has 0 aliphatic carbocycles. The first-order chi connectivity index (χ1) is 22.8. The summed E-state index contributed by atoms with van der Waals surface area (Å²) in [4.78, 5) is 0. The number of benzene rings is 10. The van der Waals surface area contributed by atoms with Gasteiger partial charge in [-0.1, -0.05) is 146 Å².